The van der Waals surface area contributed by atoms with Crippen LogP contribution >= 0.6 is 0 Å². The van der Waals surface area contributed by atoms with Gasteiger partial charge in [0.1, 0.15) is 5.54 Å². The van der Waals surface area contributed by atoms with E-state index in [2.05, 4.69) is 4.74 Å². The Kier molecular flexibility index (Phi) is 5.36. The van der Waals surface area contributed by atoms with Crippen molar-refractivity contribution in [2.45, 2.75) is 37.8 Å². The van der Waals surface area contributed by atoms with Crippen molar-refractivity contribution in [3.05, 3.63) is 35.9 Å². The summed E-state index contributed by atoms with van der Waals surface area (Å²) in [6.07, 6.45) is 0.876. The van der Waals surface area contributed by atoms with E-state index in [1.807, 2.05) is 30.3 Å². The lowest BCUT2D eigenvalue weighted by atomic mass is 9.90. The Balaban J connectivity index is 2.28. The van der Waals surface area contributed by atoms with E-state index in [1.54, 1.807) is 0 Å². The number of hydrogen-bond donors (Lipinski definition) is 0. The van der Waals surface area contributed by atoms with Crippen LogP contribution in [0.2, 0.25) is 0 Å². The summed E-state index contributed by atoms with van der Waals surface area (Å²) < 4.78 is 9.59. The first-order chi connectivity index (χ1) is 11.0. The molecule has 0 spiro atoms. The van der Waals surface area contributed by atoms with Gasteiger partial charge in [-0.2, -0.15) is 0 Å². The van der Waals surface area contributed by atoms with Gasteiger partial charge >= 0.3 is 11.9 Å². The molecule has 1 aromatic rings. The molecule has 1 heterocycles. The number of ether oxygens (including phenoxy) is 2. The topological polar surface area (TPSA) is 72.9 Å². The molecule has 0 aliphatic carbocycles. The molecule has 1 unspecified atom stereocenters. The summed E-state index contributed by atoms with van der Waals surface area (Å²) >= 11 is 0. The number of benzene rings is 1. The van der Waals surface area contributed by atoms with Crippen LogP contribution in [-0.4, -0.2) is 42.5 Å². The molecule has 1 amide bonds. The van der Waals surface area contributed by atoms with Crippen molar-refractivity contribution in [1.82, 2.24) is 4.90 Å². The van der Waals surface area contributed by atoms with Crippen molar-refractivity contribution >= 4 is 17.8 Å². The molecule has 0 bridgehead atoms. The summed E-state index contributed by atoms with van der Waals surface area (Å²) in [6.45, 7) is 0.315. The minimum absolute atomic E-state index is 0.0597. The van der Waals surface area contributed by atoms with Gasteiger partial charge in [-0.15, -0.1) is 0 Å². The zero-order valence-corrected chi connectivity index (χ0v) is 13.4. The first kappa shape index (κ1) is 17.0. The molecule has 1 aliphatic rings. The van der Waals surface area contributed by atoms with E-state index in [-0.39, 0.29) is 25.2 Å². The third kappa shape index (κ3) is 3.52. The fraction of sp³-hybridized carbons (Fsp3) is 0.471. The minimum atomic E-state index is -1.10. The summed E-state index contributed by atoms with van der Waals surface area (Å²) in [5.74, 6) is -1.00. The van der Waals surface area contributed by atoms with Crippen molar-refractivity contribution in [3.63, 3.8) is 0 Å². The van der Waals surface area contributed by atoms with Crippen LogP contribution < -0.4 is 0 Å². The largest absolute Gasteiger partial charge is 0.469 e. The second kappa shape index (κ2) is 7.26. The van der Waals surface area contributed by atoms with Gasteiger partial charge in [0.15, 0.2) is 0 Å². The maximum atomic E-state index is 12.4. The molecule has 1 aliphatic heterocycles. The first-order valence-electron chi connectivity index (χ1n) is 7.53. The highest BCUT2D eigenvalue weighted by Gasteiger charge is 2.51. The Morgan fingerprint density at radius 2 is 1.87 bits per heavy atom. The molecule has 1 saturated heterocycles. The van der Waals surface area contributed by atoms with Crippen molar-refractivity contribution in [1.29, 1.82) is 0 Å². The SMILES string of the molecule is COC(=O)CCC1(C(=O)OC)CCC(=O)N1Cc1ccccc1. The van der Waals surface area contributed by atoms with E-state index in [0.29, 0.717) is 13.0 Å². The number of nitrogens with zero attached hydrogens (tertiary/aromatic N) is 1. The number of carbonyl (C=O) groups excluding carboxylic acids is 3. The van der Waals surface area contributed by atoms with Gasteiger partial charge < -0.3 is 14.4 Å². The van der Waals surface area contributed by atoms with Crippen LogP contribution in [-0.2, 0) is 30.4 Å². The van der Waals surface area contributed by atoms with Gasteiger partial charge in [0.05, 0.1) is 14.2 Å². The van der Waals surface area contributed by atoms with Crippen LogP contribution in [0, 0.1) is 0 Å². The van der Waals surface area contributed by atoms with E-state index in [0.717, 1.165) is 5.56 Å². The highest BCUT2D eigenvalue weighted by atomic mass is 16.5. The quantitative estimate of drug-likeness (QED) is 0.746. The van der Waals surface area contributed by atoms with Crippen LogP contribution in [0.15, 0.2) is 30.3 Å². The molecule has 124 valence electrons. The third-order valence-corrected chi connectivity index (χ3v) is 4.29. The highest BCUT2D eigenvalue weighted by Crippen LogP contribution is 2.37. The molecule has 1 fully saturated rings. The second-order valence-corrected chi connectivity index (χ2v) is 5.56. The number of rotatable bonds is 6. The molecule has 6 heteroatoms. The number of carbonyl (C=O) groups is 3. The first-order valence-corrected chi connectivity index (χ1v) is 7.53. The molecular formula is C17H21NO5. The molecule has 6 nitrogen and oxygen atoms in total. The number of likely N-dealkylation sites (tertiary alicyclic amines) is 1. The zero-order chi connectivity index (χ0) is 16.9. The monoisotopic (exact) mass is 319 g/mol. The lowest BCUT2D eigenvalue weighted by Gasteiger charge is -2.36. The molecule has 1 atom stereocenters. The standard InChI is InChI=1S/C17H21NO5/c1-22-15(20)9-11-17(16(21)23-2)10-8-14(19)18(17)12-13-6-4-3-5-7-13/h3-7H,8-12H2,1-2H3. The Hall–Kier alpha value is -2.37. The van der Waals surface area contributed by atoms with Gasteiger partial charge in [-0.05, 0) is 18.4 Å². The second-order valence-electron chi connectivity index (χ2n) is 5.56. The predicted octanol–water partition coefficient (Wildman–Crippen LogP) is 1.67. The van der Waals surface area contributed by atoms with Crippen LogP contribution in [0.1, 0.15) is 31.2 Å². The van der Waals surface area contributed by atoms with Gasteiger partial charge in [0, 0.05) is 19.4 Å². The zero-order valence-electron chi connectivity index (χ0n) is 13.4. The van der Waals surface area contributed by atoms with Gasteiger partial charge in [-0.3, -0.25) is 9.59 Å². The van der Waals surface area contributed by atoms with Crippen molar-refractivity contribution < 1.29 is 23.9 Å². The van der Waals surface area contributed by atoms with Crippen molar-refractivity contribution in [2.75, 3.05) is 14.2 Å². The maximum Gasteiger partial charge on any atom is 0.331 e. The number of esters is 2. The molecule has 0 radical (unpaired) electrons. The molecule has 0 saturated carbocycles. The van der Waals surface area contributed by atoms with Crippen LogP contribution in [0.5, 0.6) is 0 Å². The van der Waals surface area contributed by atoms with E-state index in [4.69, 9.17) is 4.74 Å². The number of hydrogen-bond acceptors (Lipinski definition) is 5. The van der Waals surface area contributed by atoms with Crippen LogP contribution in [0.25, 0.3) is 0 Å². The Labute approximate surface area is 135 Å². The van der Waals surface area contributed by atoms with Crippen molar-refractivity contribution in [2.24, 2.45) is 0 Å². The van der Waals surface area contributed by atoms with Crippen LogP contribution in [0.3, 0.4) is 0 Å². The minimum Gasteiger partial charge on any atom is -0.469 e. The van der Waals surface area contributed by atoms with E-state index < -0.39 is 17.5 Å². The Bertz CT molecular complexity index is 586. The van der Waals surface area contributed by atoms with Crippen LogP contribution in [0.4, 0.5) is 0 Å². The Morgan fingerprint density at radius 3 is 2.48 bits per heavy atom. The molecule has 0 N–H and O–H groups in total. The molecule has 23 heavy (non-hydrogen) atoms. The summed E-state index contributed by atoms with van der Waals surface area (Å²) in [5, 5.41) is 0. The normalized spacial score (nSPS) is 20.4. The average molecular weight is 319 g/mol. The molecular weight excluding hydrogens is 298 g/mol. The smallest absolute Gasteiger partial charge is 0.331 e. The number of amides is 1. The lowest BCUT2D eigenvalue weighted by molar-refractivity contribution is -0.159. The number of methoxy groups -OCH3 is 2. The van der Waals surface area contributed by atoms with E-state index in [1.165, 1.54) is 19.1 Å². The molecule has 0 aromatic heterocycles. The van der Waals surface area contributed by atoms with Gasteiger partial charge in [0.2, 0.25) is 5.91 Å². The highest BCUT2D eigenvalue weighted by molar-refractivity contribution is 5.92. The lowest BCUT2D eigenvalue weighted by Crippen LogP contribution is -2.52. The summed E-state index contributed by atoms with van der Waals surface area (Å²) in [5.41, 5.74) is -0.176. The predicted molar refractivity (Wildman–Crippen MR) is 82.2 cm³/mol. The fourth-order valence-corrected chi connectivity index (χ4v) is 3.00. The molecule has 2 rings (SSSR count). The average Bonchev–Trinajstić information content (AvgIpc) is 2.90. The summed E-state index contributed by atoms with van der Waals surface area (Å²) in [6, 6.07) is 9.44. The van der Waals surface area contributed by atoms with E-state index >= 15 is 0 Å². The third-order valence-electron chi connectivity index (χ3n) is 4.29. The Morgan fingerprint density at radius 1 is 1.17 bits per heavy atom. The summed E-state index contributed by atoms with van der Waals surface area (Å²) in [7, 11) is 2.60. The van der Waals surface area contributed by atoms with Gasteiger partial charge in [0.25, 0.3) is 0 Å². The fourth-order valence-electron chi connectivity index (χ4n) is 3.00. The molecule has 1 aromatic carbocycles. The van der Waals surface area contributed by atoms with Gasteiger partial charge in [-0.1, -0.05) is 30.3 Å². The summed E-state index contributed by atoms with van der Waals surface area (Å²) in [4.78, 5) is 37.8. The van der Waals surface area contributed by atoms with Gasteiger partial charge in [-0.25, -0.2) is 4.79 Å². The maximum absolute atomic E-state index is 12.4. The van der Waals surface area contributed by atoms with E-state index in [9.17, 15) is 14.4 Å². The van der Waals surface area contributed by atoms with Crippen molar-refractivity contribution in [3.8, 4) is 0 Å².